The Morgan fingerprint density at radius 1 is 1.14 bits per heavy atom. The number of carbonyl (C=O) groups is 1. The second kappa shape index (κ2) is 6.40. The van der Waals surface area contributed by atoms with Gasteiger partial charge in [-0.25, -0.2) is 3.71 Å². The monoisotopic (exact) mass is 233 g/mol. The molecule has 0 spiro atoms. The summed E-state index contributed by atoms with van der Waals surface area (Å²) in [4.78, 5) is 11.7. The predicted octanol–water partition coefficient (Wildman–Crippen LogP) is 3.50. The minimum absolute atomic E-state index is 0.0161. The molecule has 0 aliphatic heterocycles. The first kappa shape index (κ1) is 13.9. The summed E-state index contributed by atoms with van der Waals surface area (Å²) < 4.78 is 1.73. The number of nitrogens with zero attached hydrogens (tertiary/aromatic N) is 1. The van der Waals surface area contributed by atoms with Crippen LogP contribution in [0, 0.1) is 0 Å². The molecule has 0 aromatic carbocycles. The summed E-state index contributed by atoms with van der Waals surface area (Å²) in [5.41, 5.74) is 0.589. The molecule has 0 aromatic heterocycles. The first-order valence-electron chi connectivity index (χ1n) is 4.68. The lowest BCUT2D eigenvalue weighted by atomic mass is 10.3. The van der Waals surface area contributed by atoms with Crippen LogP contribution >= 0.6 is 23.9 Å². The van der Waals surface area contributed by atoms with Gasteiger partial charge in [-0.05, 0) is 30.8 Å². The molecule has 0 bridgehead atoms. The van der Waals surface area contributed by atoms with Crippen molar-refractivity contribution in [1.29, 1.82) is 0 Å². The molecule has 82 valence electrons. The van der Waals surface area contributed by atoms with E-state index in [9.17, 15) is 4.79 Å². The Balaban J connectivity index is 4.38. The topological polar surface area (TPSA) is 20.3 Å². The lowest BCUT2D eigenvalue weighted by molar-refractivity contribution is -0.119. The van der Waals surface area contributed by atoms with Gasteiger partial charge in [-0.3, -0.25) is 4.79 Å². The zero-order chi connectivity index (χ0) is 11.3. The molecule has 0 rings (SSSR count). The molecule has 0 heterocycles. The summed E-state index contributed by atoms with van der Waals surface area (Å²) in [5.74, 6) is 0.0161. The average molecular weight is 233 g/mol. The maximum atomic E-state index is 11.7. The molecule has 0 aliphatic rings. The van der Waals surface area contributed by atoms with Crippen LogP contribution in [-0.2, 0) is 4.79 Å². The van der Waals surface area contributed by atoms with Crippen LogP contribution in [-0.4, -0.2) is 20.1 Å². The van der Waals surface area contributed by atoms with Gasteiger partial charge in [0.2, 0.25) is 0 Å². The van der Waals surface area contributed by atoms with Crippen LogP contribution in [0.5, 0.6) is 0 Å². The average Bonchev–Trinajstić information content (AvgIpc) is 1.99. The molecule has 0 atom stereocenters. The Labute approximate surface area is 95.8 Å². The fourth-order valence-electron chi connectivity index (χ4n) is 0.659. The SMILES string of the molecule is C=C(C)C(=O)N(SC(C)C)SC(C)C. The molecule has 0 saturated heterocycles. The molecule has 0 N–H and O–H groups in total. The number of rotatable bonds is 5. The van der Waals surface area contributed by atoms with Gasteiger partial charge >= 0.3 is 0 Å². The minimum Gasteiger partial charge on any atom is -0.268 e. The Morgan fingerprint density at radius 2 is 1.50 bits per heavy atom. The van der Waals surface area contributed by atoms with Crippen LogP contribution in [0.3, 0.4) is 0 Å². The number of amides is 1. The van der Waals surface area contributed by atoms with E-state index in [2.05, 4.69) is 34.3 Å². The summed E-state index contributed by atoms with van der Waals surface area (Å²) in [6.07, 6.45) is 0. The van der Waals surface area contributed by atoms with Crippen molar-refractivity contribution < 1.29 is 4.79 Å². The van der Waals surface area contributed by atoms with Gasteiger partial charge in [-0.1, -0.05) is 34.3 Å². The third-order valence-corrected chi connectivity index (χ3v) is 3.22. The highest BCUT2D eigenvalue weighted by Crippen LogP contribution is 2.29. The van der Waals surface area contributed by atoms with E-state index in [1.54, 1.807) is 34.5 Å². The van der Waals surface area contributed by atoms with Crippen molar-refractivity contribution in [2.24, 2.45) is 0 Å². The summed E-state index contributed by atoms with van der Waals surface area (Å²) in [6, 6.07) is 0. The van der Waals surface area contributed by atoms with Crippen molar-refractivity contribution in [1.82, 2.24) is 3.71 Å². The third-order valence-electron chi connectivity index (χ3n) is 1.14. The second-order valence-corrected chi connectivity index (χ2v) is 6.92. The highest BCUT2D eigenvalue weighted by molar-refractivity contribution is 8.13. The highest BCUT2D eigenvalue weighted by Gasteiger charge is 2.18. The number of hydrogen-bond acceptors (Lipinski definition) is 3. The van der Waals surface area contributed by atoms with Gasteiger partial charge in [0, 0.05) is 16.1 Å². The standard InChI is InChI=1S/C10H19NOS2/c1-7(2)10(12)11(13-8(3)4)14-9(5)6/h8-9H,1H2,2-6H3. The van der Waals surface area contributed by atoms with E-state index in [4.69, 9.17) is 0 Å². The maximum Gasteiger partial charge on any atom is 0.269 e. The maximum absolute atomic E-state index is 11.7. The van der Waals surface area contributed by atoms with Crippen molar-refractivity contribution in [3.63, 3.8) is 0 Å². The van der Waals surface area contributed by atoms with E-state index in [0.717, 1.165) is 0 Å². The van der Waals surface area contributed by atoms with E-state index >= 15 is 0 Å². The van der Waals surface area contributed by atoms with Gasteiger partial charge in [-0.2, -0.15) is 0 Å². The lowest BCUT2D eigenvalue weighted by Crippen LogP contribution is -2.21. The van der Waals surface area contributed by atoms with E-state index in [-0.39, 0.29) is 5.91 Å². The molecule has 1 amide bonds. The largest absolute Gasteiger partial charge is 0.269 e. The van der Waals surface area contributed by atoms with Gasteiger partial charge in [-0.15, -0.1) is 0 Å². The molecule has 0 unspecified atom stereocenters. The van der Waals surface area contributed by atoms with Crippen LogP contribution in [0.15, 0.2) is 12.2 Å². The molecule has 0 aliphatic carbocycles. The van der Waals surface area contributed by atoms with Crippen LogP contribution in [0.1, 0.15) is 34.6 Å². The summed E-state index contributed by atoms with van der Waals surface area (Å²) in [7, 11) is 0. The molecule has 0 fully saturated rings. The van der Waals surface area contributed by atoms with Crippen LogP contribution in [0.4, 0.5) is 0 Å². The fraction of sp³-hybridized carbons (Fsp3) is 0.700. The van der Waals surface area contributed by atoms with Crippen molar-refractivity contribution in [2.75, 3.05) is 0 Å². The first-order valence-corrected chi connectivity index (χ1v) is 6.35. The van der Waals surface area contributed by atoms with Gasteiger partial charge < -0.3 is 0 Å². The molecule has 14 heavy (non-hydrogen) atoms. The van der Waals surface area contributed by atoms with Crippen LogP contribution < -0.4 is 0 Å². The number of carbonyl (C=O) groups excluding carboxylic acids is 1. The van der Waals surface area contributed by atoms with Crippen molar-refractivity contribution >= 4 is 29.8 Å². The molecular weight excluding hydrogens is 214 g/mol. The minimum atomic E-state index is 0.0161. The van der Waals surface area contributed by atoms with Gasteiger partial charge in [0.25, 0.3) is 5.91 Å². The smallest absolute Gasteiger partial charge is 0.268 e. The number of hydrogen-bond donors (Lipinski definition) is 0. The third kappa shape index (κ3) is 5.60. The van der Waals surface area contributed by atoms with Crippen molar-refractivity contribution in [3.05, 3.63) is 12.2 Å². The van der Waals surface area contributed by atoms with Crippen LogP contribution in [0.25, 0.3) is 0 Å². The van der Waals surface area contributed by atoms with Crippen LogP contribution in [0.2, 0.25) is 0 Å². The molecule has 2 nitrogen and oxygen atoms in total. The van der Waals surface area contributed by atoms with Gasteiger partial charge in [0.05, 0.1) is 0 Å². The Hall–Kier alpha value is -0.0900. The van der Waals surface area contributed by atoms with Gasteiger partial charge in [0.15, 0.2) is 0 Å². The summed E-state index contributed by atoms with van der Waals surface area (Å²) >= 11 is 3.10. The van der Waals surface area contributed by atoms with Crippen molar-refractivity contribution in [3.8, 4) is 0 Å². The Kier molecular flexibility index (Phi) is 6.36. The van der Waals surface area contributed by atoms with E-state index in [1.807, 2.05) is 0 Å². The molecule has 0 radical (unpaired) electrons. The lowest BCUT2D eigenvalue weighted by Gasteiger charge is -2.23. The van der Waals surface area contributed by atoms with E-state index in [0.29, 0.717) is 16.1 Å². The van der Waals surface area contributed by atoms with E-state index < -0.39 is 0 Å². The Bertz CT molecular complexity index is 204. The summed E-state index contributed by atoms with van der Waals surface area (Å²) in [5, 5.41) is 0.814. The Morgan fingerprint density at radius 3 is 1.71 bits per heavy atom. The zero-order valence-corrected chi connectivity index (χ0v) is 11.2. The molecule has 0 aromatic rings. The molecular formula is C10H19NOS2. The van der Waals surface area contributed by atoms with Gasteiger partial charge in [0.1, 0.15) is 0 Å². The predicted molar refractivity (Wildman–Crippen MR) is 67.1 cm³/mol. The van der Waals surface area contributed by atoms with Crippen molar-refractivity contribution in [2.45, 2.75) is 45.1 Å². The second-order valence-electron chi connectivity index (χ2n) is 3.65. The van der Waals surface area contributed by atoms with E-state index in [1.165, 1.54) is 0 Å². The quantitative estimate of drug-likeness (QED) is 0.535. The fourth-order valence-corrected chi connectivity index (χ4v) is 3.16. The molecule has 4 heteroatoms. The highest BCUT2D eigenvalue weighted by atomic mass is 32.2. The normalized spacial score (nSPS) is 10.8. The zero-order valence-electron chi connectivity index (χ0n) is 9.53. The summed E-state index contributed by atoms with van der Waals surface area (Å²) in [6.45, 7) is 13.7. The molecule has 0 saturated carbocycles. The first-order chi connectivity index (χ1) is 6.34.